The monoisotopic (exact) mass is 1690 g/mol. The van der Waals surface area contributed by atoms with Gasteiger partial charge in [0, 0.05) is 77.9 Å². The highest BCUT2D eigenvalue weighted by Gasteiger charge is 2.48. The SMILES string of the molecule is [2H]c1c([2H])c(C(C)(C)C)c([2H])c([2H])c1-c1c([2H])c(C(C)(C)C)c([2H])c(-c2c([2H])c(C(C)(C)C)c([2H])c([2H])c2C(C)(C)C)c1N1c2cc(-n3c4c([2H])c([2H])c([2H])c([2H])c4c4c([2H])c([2H])c([2H])c([2H])c43)ccc2B2c3ccc(-n4c5ccc(C(C)(C)C)cc5c5cc(C(C)(C)C)ccc54)cc3N(c3c(-c4cc(C(C)(C)C)cc(C(C)(C)C)c4)cc(C(C)(C)C)cc3-c3ccccc3C(C)(C)C)c3cc(C(C)(C)C)cc1c32. The summed E-state index contributed by atoms with van der Waals surface area (Å²) in [5, 5.41) is 1.84. The van der Waals surface area contributed by atoms with Gasteiger partial charge in [-0.1, -0.05) is 374 Å². The first-order chi connectivity index (χ1) is 66.1. The molecule has 4 heterocycles. The fourth-order valence-electron chi connectivity index (χ4n) is 18.7. The average Bonchev–Trinajstić information content (AvgIpc) is 0.799. The van der Waals surface area contributed by atoms with Gasteiger partial charge < -0.3 is 18.9 Å². The first-order valence-electron chi connectivity index (χ1n) is 54.1. The van der Waals surface area contributed by atoms with Crippen LogP contribution >= 0.6 is 0 Å². The minimum atomic E-state index is -1.20. The van der Waals surface area contributed by atoms with E-state index in [1.165, 1.54) is 15.7 Å². The molecule has 0 saturated carbocycles. The van der Waals surface area contributed by atoms with Crippen molar-refractivity contribution in [3.05, 3.63) is 303 Å². The summed E-state index contributed by atoms with van der Waals surface area (Å²) >= 11 is 0. The molecule has 0 unspecified atom stereocenters. The maximum atomic E-state index is 11.9. The molecule has 13 aromatic carbocycles. The summed E-state index contributed by atoms with van der Waals surface area (Å²) in [6.07, 6.45) is 0. The molecule has 0 bridgehead atoms. The molecule has 0 radical (unpaired) electrons. The Morgan fingerprint density at radius 1 is 0.236 bits per heavy atom. The maximum Gasteiger partial charge on any atom is 0.252 e. The van der Waals surface area contributed by atoms with Crippen LogP contribution in [0.5, 0.6) is 0 Å². The van der Waals surface area contributed by atoms with Gasteiger partial charge in [-0.25, -0.2) is 0 Å². The van der Waals surface area contributed by atoms with Crippen LogP contribution in [0.25, 0.3) is 99.5 Å². The molecule has 0 spiro atoms. The van der Waals surface area contributed by atoms with Crippen molar-refractivity contribution in [2.45, 2.75) is 288 Å². The van der Waals surface area contributed by atoms with Gasteiger partial charge in [-0.2, -0.15) is 0 Å². The van der Waals surface area contributed by atoms with Crippen LogP contribution in [0.4, 0.5) is 34.1 Å². The molecular formula is C122H139BN4. The zero-order chi connectivity index (χ0) is 106. The van der Waals surface area contributed by atoms with Crippen LogP contribution < -0.4 is 26.2 Å². The Kier molecular flexibility index (Phi) is 16.3. The Labute approximate surface area is 786 Å². The third kappa shape index (κ3) is 15.6. The zero-order valence-electron chi connectivity index (χ0n) is 98.6. The Bertz CT molecular complexity index is 7830. The van der Waals surface area contributed by atoms with Crippen LogP contribution in [0.3, 0.4) is 0 Å². The third-order valence-corrected chi connectivity index (χ3v) is 26.3. The highest BCUT2D eigenvalue weighted by molar-refractivity contribution is 7.00. The smallest absolute Gasteiger partial charge is 0.252 e. The van der Waals surface area contributed by atoms with Crippen molar-refractivity contribution >= 4 is 101 Å². The molecule has 2 aliphatic heterocycles. The minimum absolute atomic E-state index is 0.0240. The van der Waals surface area contributed by atoms with Crippen molar-refractivity contribution in [2.24, 2.45) is 0 Å². The molecule has 0 atom stereocenters. The highest BCUT2D eigenvalue weighted by atomic mass is 15.2. The molecule has 0 N–H and O–H groups in total. The number of hydrogen-bond acceptors (Lipinski definition) is 2. The standard InChI is InChI=1S/C122H139BN4/c1-112(2,3)76-48-46-74(47-49-76)90-66-82(118(19,20)21)69-96(92-63-77(113(4,5)6)50-55-98(92)122(31,32)33)110(90)126-105-72-85(124-101-44-38-35-41-88(101)89-42-36-39-45-102(89)124)53-56-99(105)123-100-57-54-86(125-103-58-51-78(114(7,8)9)64-93(103)94-65-79(115(10,11)12)52-59-104(94)125)73-106(100)127(108-71-84(120(25,26)27)70-107(126)109(108)123)111-91(75-60-80(116(13,14)15)62-81(61-75)117(16,17)18)67-83(119(22,23)24)68-95(111)87-40-34-37-43-97(87)121(28,29)30/h34-73H,1-33H3/i35D,36D,38D,39D,41D,42D,44D,45D,46D,47D,48D,49D,50D,55D,63D,66D,69D. The average molecular weight is 1690 g/mol. The van der Waals surface area contributed by atoms with E-state index in [0.717, 1.165) is 94.4 Å². The van der Waals surface area contributed by atoms with Crippen molar-refractivity contribution in [1.82, 2.24) is 9.13 Å². The second-order valence-electron chi connectivity index (χ2n) is 47.6. The lowest BCUT2D eigenvalue weighted by molar-refractivity contribution is 0.569. The van der Waals surface area contributed by atoms with Gasteiger partial charge in [-0.15, -0.1) is 0 Å². The van der Waals surface area contributed by atoms with Crippen molar-refractivity contribution in [3.63, 3.8) is 0 Å². The van der Waals surface area contributed by atoms with E-state index in [-0.39, 0.29) is 147 Å². The first-order valence-corrected chi connectivity index (χ1v) is 45.6. The van der Waals surface area contributed by atoms with E-state index < -0.39 is 105 Å². The number of benzene rings is 13. The topological polar surface area (TPSA) is 16.3 Å². The number of hydrogen-bond donors (Lipinski definition) is 0. The van der Waals surface area contributed by atoms with Gasteiger partial charge in [0.2, 0.25) is 0 Å². The van der Waals surface area contributed by atoms with Crippen molar-refractivity contribution in [1.29, 1.82) is 0 Å². The molecular weight excluding hydrogens is 1530 g/mol. The first kappa shape index (κ1) is 69.2. The zero-order valence-corrected chi connectivity index (χ0v) is 81.6. The summed E-state index contributed by atoms with van der Waals surface area (Å²) in [6.45, 7) is 68.9. The number of anilines is 6. The fourth-order valence-corrected chi connectivity index (χ4v) is 18.7. The Morgan fingerprint density at radius 2 is 0.630 bits per heavy atom. The lowest BCUT2D eigenvalue weighted by Gasteiger charge is -2.47. The van der Waals surface area contributed by atoms with Gasteiger partial charge in [0.1, 0.15) is 0 Å². The van der Waals surface area contributed by atoms with E-state index in [0.29, 0.717) is 22.3 Å². The number of para-hydroxylation sites is 2. The van der Waals surface area contributed by atoms with Crippen LogP contribution in [-0.4, -0.2) is 15.8 Å². The molecule has 127 heavy (non-hydrogen) atoms. The van der Waals surface area contributed by atoms with Crippen molar-refractivity contribution < 1.29 is 23.3 Å². The number of rotatable bonds is 8. The van der Waals surface area contributed by atoms with E-state index in [1.54, 1.807) is 0 Å². The number of aromatic nitrogens is 2. The second-order valence-corrected chi connectivity index (χ2v) is 47.6. The molecule has 17 rings (SSSR count). The lowest BCUT2D eigenvalue weighted by Crippen LogP contribution is -2.61. The van der Waals surface area contributed by atoms with E-state index in [4.69, 9.17) is 0 Å². The Morgan fingerprint density at radius 3 is 1.09 bits per heavy atom. The predicted molar refractivity (Wildman–Crippen MR) is 557 cm³/mol. The number of fused-ring (bicyclic) bond motifs is 10. The van der Waals surface area contributed by atoms with E-state index >= 15 is 0 Å². The van der Waals surface area contributed by atoms with Crippen LogP contribution in [0.15, 0.2) is 242 Å². The highest BCUT2D eigenvalue weighted by Crippen LogP contribution is 2.58. The van der Waals surface area contributed by atoms with Crippen molar-refractivity contribution in [2.75, 3.05) is 9.80 Å². The van der Waals surface area contributed by atoms with E-state index in [2.05, 4.69) is 276 Å². The summed E-state index contributed by atoms with van der Waals surface area (Å²) in [7, 11) is 0. The Balaban J connectivity index is 1.21. The molecule has 2 aromatic heterocycles. The summed E-state index contributed by atoms with van der Waals surface area (Å²) in [4.78, 5) is 4.49. The fraction of sp³-hybridized carbons (Fsp3) is 0.361. The van der Waals surface area contributed by atoms with Crippen LogP contribution in [0, 0.1) is 0 Å². The maximum absolute atomic E-state index is 11.9. The van der Waals surface area contributed by atoms with Crippen LogP contribution in [0.1, 0.15) is 313 Å². The summed E-state index contributed by atoms with van der Waals surface area (Å²) in [6, 6.07) is 43.8. The molecule has 15 aromatic rings. The predicted octanol–water partition coefficient (Wildman–Crippen LogP) is 32.9. The largest absolute Gasteiger partial charge is 0.310 e. The molecule has 0 fully saturated rings. The van der Waals surface area contributed by atoms with Crippen LogP contribution in [-0.2, 0) is 59.6 Å². The molecule has 0 saturated heterocycles. The normalized spacial score (nSPS) is 15.9. The van der Waals surface area contributed by atoms with Gasteiger partial charge >= 0.3 is 0 Å². The molecule has 4 nitrogen and oxygen atoms in total. The molecule has 0 aliphatic carbocycles. The Hall–Kier alpha value is -10.9. The molecule has 2 aliphatic rings. The van der Waals surface area contributed by atoms with Gasteiger partial charge in [0.25, 0.3) is 6.71 Å². The van der Waals surface area contributed by atoms with E-state index in [1.807, 2.05) is 106 Å². The quantitative estimate of drug-likeness (QED) is 0.141. The van der Waals surface area contributed by atoms with Gasteiger partial charge in [0.15, 0.2) is 0 Å². The number of nitrogens with zero attached hydrogens (tertiary/aromatic N) is 4. The third-order valence-electron chi connectivity index (χ3n) is 26.3. The van der Waals surface area contributed by atoms with Gasteiger partial charge in [-0.05, 0) is 256 Å². The van der Waals surface area contributed by atoms with Gasteiger partial charge in [0.05, 0.1) is 56.7 Å². The van der Waals surface area contributed by atoms with Crippen molar-refractivity contribution in [3.8, 4) is 55.9 Å². The minimum Gasteiger partial charge on any atom is -0.310 e. The summed E-state index contributed by atoms with van der Waals surface area (Å²) < 4.78 is 181. The van der Waals surface area contributed by atoms with E-state index in [9.17, 15) is 23.3 Å². The van der Waals surface area contributed by atoms with Gasteiger partial charge in [-0.3, -0.25) is 0 Å². The molecule has 0 amide bonds. The molecule has 5 heteroatoms. The second kappa shape index (κ2) is 29.9. The summed E-state index contributed by atoms with van der Waals surface area (Å²) in [5.41, 5.74) is 11.6. The molecule has 650 valence electrons. The van der Waals surface area contributed by atoms with Crippen LogP contribution in [0.2, 0.25) is 0 Å². The summed E-state index contributed by atoms with van der Waals surface area (Å²) in [5.74, 6) is 0. The lowest BCUT2D eigenvalue weighted by atomic mass is 9.33.